The Morgan fingerprint density at radius 2 is 2.24 bits per heavy atom. The molecular formula is C12H13ClFNO2. The van der Waals surface area contributed by atoms with Gasteiger partial charge in [-0.2, -0.15) is 0 Å². The van der Waals surface area contributed by atoms with E-state index in [-0.39, 0.29) is 11.0 Å². The first-order chi connectivity index (χ1) is 8.01. The number of nitrogens with two attached hydrogens (primary N) is 1. The fourth-order valence-corrected chi connectivity index (χ4v) is 2.19. The molecule has 1 atom stereocenters. The molecule has 0 amide bonds. The lowest BCUT2D eigenvalue weighted by Crippen LogP contribution is -2.31. The average Bonchev–Trinajstić information content (AvgIpc) is 3.12. The Bertz CT molecular complexity index is 460. The molecule has 1 unspecified atom stereocenters. The van der Waals surface area contributed by atoms with Crippen molar-refractivity contribution in [1.29, 1.82) is 0 Å². The van der Waals surface area contributed by atoms with Crippen LogP contribution in [-0.2, 0) is 9.53 Å². The number of carbonyl (C=O) groups excluding carboxylic acids is 1. The molecule has 92 valence electrons. The summed E-state index contributed by atoms with van der Waals surface area (Å²) in [6, 6.07) is 3.76. The quantitative estimate of drug-likeness (QED) is 0.846. The van der Waals surface area contributed by atoms with E-state index in [1.54, 1.807) is 6.07 Å². The summed E-state index contributed by atoms with van der Waals surface area (Å²) >= 11 is 5.70. The molecule has 0 aromatic heterocycles. The Labute approximate surface area is 104 Å². The Kier molecular flexibility index (Phi) is 3.10. The molecule has 0 heterocycles. The van der Waals surface area contributed by atoms with Crippen molar-refractivity contribution in [3.05, 3.63) is 34.6 Å². The molecule has 1 fully saturated rings. The van der Waals surface area contributed by atoms with Crippen LogP contribution in [0, 0.1) is 11.2 Å². The Morgan fingerprint density at radius 3 is 2.71 bits per heavy atom. The summed E-state index contributed by atoms with van der Waals surface area (Å²) in [5.41, 5.74) is 6.04. The largest absolute Gasteiger partial charge is 0.469 e. The first-order valence-electron chi connectivity index (χ1n) is 5.30. The molecule has 1 aliphatic rings. The second kappa shape index (κ2) is 4.27. The summed E-state index contributed by atoms with van der Waals surface area (Å²) in [4.78, 5) is 11.7. The molecule has 3 nitrogen and oxygen atoms in total. The molecule has 0 spiro atoms. The zero-order valence-electron chi connectivity index (χ0n) is 9.37. The van der Waals surface area contributed by atoms with Crippen molar-refractivity contribution in [3.8, 4) is 0 Å². The van der Waals surface area contributed by atoms with Gasteiger partial charge in [-0.15, -0.1) is 0 Å². The highest BCUT2D eigenvalue weighted by atomic mass is 35.5. The van der Waals surface area contributed by atoms with Crippen molar-refractivity contribution in [1.82, 2.24) is 0 Å². The van der Waals surface area contributed by atoms with Gasteiger partial charge in [-0.25, -0.2) is 4.39 Å². The van der Waals surface area contributed by atoms with Crippen LogP contribution in [-0.4, -0.2) is 13.1 Å². The Hall–Kier alpha value is -1.13. The van der Waals surface area contributed by atoms with Crippen LogP contribution in [0.4, 0.5) is 4.39 Å². The van der Waals surface area contributed by atoms with Gasteiger partial charge < -0.3 is 10.5 Å². The zero-order valence-corrected chi connectivity index (χ0v) is 10.1. The third-order valence-electron chi connectivity index (χ3n) is 3.28. The van der Waals surface area contributed by atoms with Gasteiger partial charge in [0.2, 0.25) is 0 Å². The zero-order chi connectivity index (χ0) is 12.6. The first-order valence-corrected chi connectivity index (χ1v) is 5.68. The Balaban J connectivity index is 2.28. The maximum atomic E-state index is 13.0. The van der Waals surface area contributed by atoms with Gasteiger partial charge in [0.1, 0.15) is 5.82 Å². The van der Waals surface area contributed by atoms with E-state index in [0.29, 0.717) is 18.4 Å². The van der Waals surface area contributed by atoms with Crippen LogP contribution in [0.2, 0.25) is 5.02 Å². The van der Waals surface area contributed by atoms with Gasteiger partial charge >= 0.3 is 5.97 Å². The summed E-state index contributed by atoms with van der Waals surface area (Å²) in [6.45, 7) is 0. The summed E-state index contributed by atoms with van der Waals surface area (Å²) in [5.74, 6) is -0.809. The van der Waals surface area contributed by atoms with E-state index in [9.17, 15) is 9.18 Å². The number of ether oxygens (including phenoxy) is 1. The molecule has 2 N–H and O–H groups in total. The van der Waals surface area contributed by atoms with E-state index in [0.717, 1.165) is 0 Å². The van der Waals surface area contributed by atoms with Crippen molar-refractivity contribution in [2.45, 2.75) is 18.9 Å². The molecule has 5 heteroatoms. The molecule has 1 saturated carbocycles. The number of methoxy groups -OCH3 is 1. The molecule has 2 rings (SSSR count). The fraction of sp³-hybridized carbons (Fsp3) is 0.417. The summed E-state index contributed by atoms with van der Waals surface area (Å²) < 4.78 is 17.8. The minimum absolute atomic E-state index is 0.0126. The van der Waals surface area contributed by atoms with Gasteiger partial charge in [-0.1, -0.05) is 17.7 Å². The highest BCUT2D eigenvalue weighted by molar-refractivity contribution is 6.30. The smallest absolute Gasteiger partial charge is 0.313 e. The number of hydrogen-bond acceptors (Lipinski definition) is 3. The van der Waals surface area contributed by atoms with Crippen LogP contribution in [0.5, 0.6) is 0 Å². The van der Waals surface area contributed by atoms with Crippen LogP contribution >= 0.6 is 11.6 Å². The average molecular weight is 258 g/mol. The monoisotopic (exact) mass is 257 g/mol. The van der Waals surface area contributed by atoms with E-state index in [4.69, 9.17) is 22.1 Å². The number of benzene rings is 1. The maximum Gasteiger partial charge on any atom is 0.313 e. The minimum atomic E-state index is -0.657. The van der Waals surface area contributed by atoms with Crippen LogP contribution in [0.3, 0.4) is 0 Å². The molecular weight excluding hydrogens is 245 g/mol. The first kappa shape index (κ1) is 12.3. The van der Waals surface area contributed by atoms with E-state index in [1.807, 2.05) is 0 Å². The number of esters is 1. The van der Waals surface area contributed by atoms with Crippen molar-refractivity contribution in [2.75, 3.05) is 7.11 Å². The molecule has 1 aliphatic carbocycles. The van der Waals surface area contributed by atoms with Gasteiger partial charge in [-0.05, 0) is 30.5 Å². The van der Waals surface area contributed by atoms with Crippen LogP contribution < -0.4 is 5.73 Å². The highest BCUT2D eigenvalue weighted by Gasteiger charge is 2.56. The van der Waals surface area contributed by atoms with Crippen LogP contribution in [0.1, 0.15) is 24.4 Å². The molecule has 17 heavy (non-hydrogen) atoms. The molecule has 1 aromatic rings. The van der Waals surface area contributed by atoms with E-state index in [2.05, 4.69) is 0 Å². The standard InChI is InChI=1S/C12H13ClFNO2/c1-17-11(16)12(4-5-12)10(15)7-2-3-9(14)8(13)6-7/h2-3,6,10H,4-5,15H2,1H3. The molecule has 0 aliphatic heterocycles. The fourth-order valence-electron chi connectivity index (χ4n) is 2.00. The van der Waals surface area contributed by atoms with Crippen molar-refractivity contribution in [3.63, 3.8) is 0 Å². The van der Waals surface area contributed by atoms with Gasteiger partial charge in [-0.3, -0.25) is 4.79 Å². The third-order valence-corrected chi connectivity index (χ3v) is 3.57. The molecule has 0 bridgehead atoms. The van der Waals surface area contributed by atoms with Gasteiger partial charge in [0.25, 0.3) is 0 Å². The predicted molar refractivity (Wildman–Crippen MR) is 62.0 cm³/mol. The van der Waals surface area contributed by atoms with Crippen LogP contribution in [0.25, 0.3) is 0 Å². The normalized spacial score (nSPS) is 18.6. The minimum Gasteiger partial charge on any atom is -0.469 e. The van der Waals surface area contributed by atoms with Crippen LogP contribution in [0.15, 0.2) is 18.2 Å². The second-order valence-electron chi connectivity index (χ2n) is 4.30. The highest BCUT2D eigenvalue weighted by Crippen LogP contribution is 2.54. The topological polar surface area (TPSA) is 52.3 Å². The summed E-state index contributed by atoms with van der Waals surface area (Å²) in [7, 11) is 1.34. The van der Waals surface area contributed by atoms with Crippen molar-refractivity contribution < 1.29 is 13.9 Å². The van der Waals surface area contributed by atoms with Gasteiger partial charge in [0, 0.05) is 6.04 Å². The molecule has 1 aromatic carbocycles. The van der Waals surface area contributed by atoms with Gasteiger partial charge in [0.05, 0.1) is 17.5 Å². The Morgan fingerprint density at radius 1 is 1.59 bits per heavy atom. The second-order valence-corrected chi connectivity index (χ2v) is 4.71. The third kappa shape index (κ3) is 2.03. The number of hydrogen-bond donors (Lipinski definition) is 1. The van der Waals surface area contributed by atoms with E-state index >= 15 is 0 Å². The lowest BCUT2D eigenvalue weighted by atomic mass is 9.91. The summed E-state index contributed by atoms with van der Waals surface area (Å²) in [5, 5.41) is 0.0126. The van der Waals surface area contributed by atoms with Gasteiger partial charge in [0.15, 0.2) is 0 Å². The van der Waals surface area contributed by atoms with Crippen molar-refractivity contribution >= 4 is 17.6 Å². The molecule has 0 radical (unpaired) electrons. The predicted octanol–water partition coefficient (Wildman–Crippen LogP) is 2.43. The maximum absolute atomic E-state index is 13.0. The van der Waals surface area contributed by atoms with E-state index in [1.165, 1.54) is 19.2 Å². The number of halogens is 2. The molecule has 0 saturated heterocycles. The number of carbonyl (C=O) groups is 1. The van der Waals surface area contributed by atoms with E-state index < -0.39 is 17.3 Å². The SMILES string of the molecule is COC(=O)C1(C(N)c2ccc(F)c(Cl)c2)CC1. The lowest BCUT2D eigenvalue weighted by molar-refractivity contribution is -0.148. The summed E-state index contributed by atoms with van der Waals surface area (Å²) in [6.07, 6.45) is 1.38. The lowest BCUT2D eigenvalue weighted by Gasteiger charge is -2.21. The van der Waals surface area contributed by atoms with Crippen molar-refractivity contribution in [2.24, 2.45) is 11.1 Å². The number of rotatable bonds is 3.